The number of para-hydroxylation sites is 1. The third-order valence-corrected chi connectivity index (χ3v) is 5.58. The molecule has 7 nitrogen and oxygen atoms in total. The quantitative estimate of drug-likeness (QED) is 0.406. The molecule has 0 unspecified atom stereocenters. The zero-order chi connectivity index (χ0) is 22.8. The molecule has 3 heterocycles. The molecule has 0 aliphatic carbocycles. The molecule has 3 aromatic heterocycles. The molecule has 32 heavy (non-hydrogen) atoms. The van der Waals surface area contributed by atoms with Crippen LogP contribution in [0.25, 0.3) is 22.2 Å². The van der Waals surface area contributed by atoms with Crippen LogP contribution in [-0.2, 0) is 17.9 Å². The van der Waals surface area contributed by atoms with Crippen molar-refractivity contribution >= 4 is 40.0 Å². The molecule has 0 spiro atoms. The van der Waals surface area contributed by atoms with E-state index in [0.717, 1.165) is 28.0 Å². The number of H-pyrrole nitrogens is 1. The van der Waals surface area contributed by atoms with Crippen LogP contribution in [0.2, 0.25) is 10.0 Å². The van der Waals surface area contributed by atoms with Crippen LogP contribution in [0.3, 0.4) is 0 Å². The van der Waals surface area contributed by atoms with Gasteiger partial charge in [-0.05, 0) is 32.0 Å². The fraction of sp³-hybridized carbons (Fsp3) is 0.217. The van der Waals surface area contributed by atoms with Crippen LogP contribution in [0.1, 0.15) is 29.6 Å². The third kappa shape index (κ3) is 4.54. The number of aryl methyl sites for hydroxylation is 2. The van der Waals surface area contributed by atoms with Crippen LogP contribution >= 0.6 is 23.2 Å². The summed E-state index contributed by atoms with van der Waals surface area (Å²) in [6.07, 6.45) is 1.57. The van der Waals surface area contributed by atoms with Crippen LogP contribution in [0.5, 0.6) is 5.75 Å². The summed E-state index contributed by atoms with van der Waals surface area (Å²) in [5.74, 6) is 0.459. The Hall–Kier alpha value is -3.16. The van der Waals surface area contributed by atoms with Crippen LogP contribution in [0, 0.1) is 13.8 Å². The predicted molar refractivity (Wildman–Crippen MR) is 125 cm³/mol. The van der Waals surface area contributed by atoms with Gasteiger partial charge >= 0.3 is 0 Å². The number of aromatic amines is 1. The molecule has 9 heteroatoms. The van der Waals surface area contributed by atoms with Gasteiger partial charge in [-0.25, -0.2) is 4.98 Å². The minimum absolute atomic E-state index is 0.143. The molecule has 164 valence electrons. The second-order valence-corrected chi connectivity index (χ2v) is 8.24. The molecule has 0 aliphatic rings. The monoisotopic (exact) mass is 469 g/mol. The lowest BCUT2D eigenvalue weighted by Crippen LogP contribution is -2.21. The van der Waals surface area contributed by atoms with E-state index in [0.29, 0.717) is 32.6 Å². The number of amides is 1. The normalized spacial score (nSPS) is 11.0. The second-order valence-electron chi connectivity index (χ2n) is 7.43. The maximum atomic E-state index is 11.4. The number of fused-ring (bicyclic) bond motifs is 1. The van der Waals surface area contributed by atoms with Crippen molar-refractivity contribution in [2.24, 2.45) is 0 Å². The van der Waals surface area contributed by atoms with E-state index < -0.39 is 0 Å². The molecule has 4 rings (SSSR count). The Balaban J connectivity index is 1.72. The van der Waals surface area contributed by atoms with Crippen molar-refractivity contribution in [1.29, 1.82) is 0 Å². The van der Waals surface area contributed by atoms with Crippen LogP contribution in [0.15, 0.2) is 36.5 Å². The highest BCUT2D eigenvalue weighted by atomic mass is 35.5. The van der Waals surface area contributed by atoms with Gasteiger partial charge in [0.2, 0.25) is 5.91 Å². The van der Waals surface area contributed by atoms with Gasteiger partial charge < -0.3 is 10.1 Å². The lowest BCUT2D eigenvalue weighted by Gasteiger charge is -2.15. The van der Waals surface area contributed by atoms with E-state index in [4.69, 9.17) is 32.9 Å². The van der Waals surface area contributed by atoms with Gasteiger partial charge in [-0.3, -0.25) is 14.9 Å². The first-order chi connectivity index (χ1) is 15.3. The summed E-state index contributed by atoms with van der Waals surface area (Å²) in [7, 11) is 0. The number of pyridine rings is 2. The van der Waals surface area contributed by atoms with Crippen LogP contribution in [-0.4, -0.2) is 26.1 Å². The molecule has 1 aromatic carbocycles. The topological polar surface area (TPSA) is 92.8 Å². The largest absolute Gasteiger partial charge is 0.486 e. The van der Waals surface area contributed by atoms with Gasteiger partial charge in [-0.15, -0.1) is 0 Å². The van der Waals surface area contributed by atoms with Crippen molar-refractivity contribution in [2.75, 3.05) is 0 Å². The van der Waals surface area contributed by atoms with E-state index in [-0.39, 0.29) is 19.1 Å². The van der Waals surface area contributed by atoms with Crippen molar-refractivity contribution < 1.29 is 9.53 Å². The van der Waals surface area contributed by atoms with Gasteiger partial charge in [-0.1, -0.05) is 35.3 Å². The molecule has 4 aromatic rings. The molecular formula is C23H21Cl2N5O2. The first-order valence-electron chi connectivity index (χ1n) is 9.95. The first kappa shape index (κ1) is 22.0. The van der Waals surface area contributed by atoms with E-state index >= 15 is 0 Å². The lowest BCUT2D eigenvalue weighted by molar-refractivity contribution is -0.119. The molecular weight excluding hydrogens is 449 g/mol. The molecule has 0 bridgehead atoms. The van der Waals surface area contributed by atoms with Gasteiger partial charge in [-0.2, -0.15) is 5.10 Å². The molecule has 0 aliphatic heterocycles. The van der Waals surface area contributed by atoms with Crippen molar-refractivity contribution in [3.63, 3.8) is 0 Å². The van der Waals surface area contributed by atoms with Gasteiger partial charge in [0.25, 0.3) is 0 Å². The number of hydrogen-bond donors (Lipinski definition) is 2. The molecule has 0 atom stereocenters. The number of nitrogens with one attached hydrogen (secondary N) is 2. The summed E-state index contributed by atoms with van der Waals surface area (Å²) in [6.45, 7) is 5.67. The number of benzene rings is 1. The zero-order valence-corrected chi connectivity index (χ0v) is 19.3. The van der Waals surface area contributed by atoms with Gasteiger partial charge in [0.05, 0.1) is 34.2 Å². The number of carbonyl (C=O) groups is 1. The number of aromatic nitrogens is 4. The second kappa shape index (κ2) is 9.14. The van der Waals surface area contributed by atoms with Crippen LogP contribution in [0.4, 0.5) is 0 Å². The Labute approximate surface area is 195 Å². The van der Waals surface area contributed by atoms with Crippen molar-refractivity contribution in [1.82, 2.24) is 25.5 Å². The molecule has 2 N–H and O–H groups in total. The summed E-state index contributed by atoms with van der Waals surface area (Å²) >= 11 is 12.8. The SMILES string of the molecule is CC(=O)NCc1nc(C)cc(Cl)c1COc1cccc2c(-c3[nH]ncc3Cl)cc(C)nc12. The average Bonchev–Trinajstić information content (AvgIpc) is 3.16. The highest BCUT2D eigenvalue weighted by molar-refractivity contribution is 6.33. The summed E-state index contributed by atoms with van der Waals surface area (Å²) in [4.78, 5) is 20.6. The lowest BCUT2D eigenvalue weighted by atomic mass is 10.0. The van der Waals surface area contributed by atoms with Gasteiger partial charge in [0.15, 0.2) is 0 Å². The minimum atomic E-state index is -0.143. The molecule has 0 saturated carbocycles. The summed E-state index contributed by atoms with van der Waals surface area (Å²) in [5, 5.41) is 11.7. The standard InChI is InChI=1S/C23H21Cl2N5O2/c1-12-7-16(22-19(25)9-27-30-22)15-5-4-6-21(23(15)29-12)32-11-17-18(24)8-13(2)28-20(17)10-26-14(3)31/h4-9H,10-11H2,1-3H3,(H,26,31)(H,27,30). The Morgan fingerprint density at radius 2 is 1.91 bits per heavy atom. The molecule has 0 saturated heterocycles. The maximum absolute atomic E-state index is 11.4. The summed E-state index contributed by atoms with van der Waals surface area (Å²) in [6, 6.07) is 9.45. The summed E-state index contributed by atoms with van der Waals surface area (Å²) < 4.78 is 6.17. The average molecular weight is 470 g/mol. The van der Waals surface area contributed by atoms with Gasteiger partial charge in [0, 0.05) is 34.8 Å². The highest BCUT2D eigenvalue weighted by Crippen LogP contribution is 2.35. The number of hydrogen-bond acceptors (Lipinski definition) is 5. The van der Waals surface area contributed by atoms with E-state index in [1.54, 1.807) is 12.3 Å². The first-order valence-corrected chi connectivity index (χ1v) is 10.7. The summed E-state index contributed by atoms with van der Waals surface area (Å²) in [5.41, 5.74) is 5.28. The molecule has 1 amide bonds. The molecule has 0 fully saturated rings. The van der Waals surface area contributed by atoms with E-state index in [1.165, 1.54) is 6.92 Å². The smallest absolute Gasteiger partial charge is 0.217 e. The predicted octanol–water partition coefficient (Wildman–Crippen LogP) is 5.16. The van der Waals surface area contributed by atoms with E-state index in [9.17, 15) is 4.79 Å². The Kier molecular flexibility index (Phi) is 6.30. The molecule has 0 radical (unpaired) electrons. The van der Waals surface area contributed by atoms with Crippen molar-refractivity contribution in [2.45, 2.75) is 33.9 Å². The van der Waals surface area contributed by atoms with Crippen molar-refractivity contribution in [3.8, 4) is 17.0 Å². The third-order valence-electron chi connectivity index (χ3n) is 4.95. The van der Waals surface area contributed by atoms with Gasteiger partial charge in [0.1, 0.15) is 17.9 Å². The minimum Gasteiger partial charge on any atom is -0.486 e. The van der Waals surface area contributed by atoms with E-state index in [2.05, 4.69) is 20.5 Å². The number of ether oxygens (including phenoxy) is 1. The van der Waals surface area contributed by atoms with E-state index in [1.807, 2.05) is 38.1 Å². The fourth-order valence-electron chi connectivity index (χ4n) is 3.51. The van der Waals surface area contributed by atoms with Crippen molar-refractivity contribution in [3.05, 3.63) is 69.2 Å². The Morgan fingerprint density at radius 1 is 1.12 bits per heavy atom. The maximum Gasteiger partial charge on any atom is 0.217 e. The zero-order valence-electron chi connectivity index (χ0n) is 17.8. The highest BCUT2D eigenvalue weighted by Gasteiger charge is 2.16. The fourth-order valence-corrected chi connectivity index (χ4v) is 4.03. The number of carbonyl (C=O) groups excluding carboxylic acids is 1. The van der Waals surface area contributed by atoms with Crippen LogP contribution < -0.4 is 10.1 Å². The Bertz CT molecular complexity index is 1320. The number of halogens is 2. The number of rotatable bonds is 6. The number of nitrogens with zero attached hydrogens (tertiary/aromatic N) is 3. The Morgan fingerprint density at radius 3 is 2.62 bits per heavy atom.